The number of benzene rings is 1. The number of ether oxygens (including phenoxy) is 1. The second-order valence-electron chi connectivity index (χ2n) is 4.27. The smallest absolute Gasteiger partial charge is 0.340 e. The number of sulfonamides is 1. The van der Waals surface area contributed by atoms with Gasteiger partial charge in [0, 0.05) is 14.1 Å². The van der Waals surface area contributed by atoms with Crippen LogP contribution in [0, 0.1) is 0 Å². The van der Waals surface area contributed by atoms with Gasteiger partial charge in [-0.05, 0) is 18.2 Å². The topological polar surface area (TPSA) is 81.5 Å². The second kappa shape index (κ2) is 5.57. The molecule has 1 aromatic carbocycles. The van der Waals surface area contributed by atoms with Crippen LogP contribution in [-0.4, -0.2) is 38.3 Å². The minimum atomic E-state index is -3.82. The van der Waals surface area contributed by atoms with Crippen LogP contribution < -0.4 is 4.31 Å². The molecule has 2 aromatic rings. The number of anilines is 1. The monoisotopic (exact) mass is 309 g/mol. The summed E-state index contributed by atoms with van der Waals surface area (Å²) in [5, 5.41) is 3.88. The van der Waals surface area contributed by atoms with E-state index in [1.54, 1.807) is 18.2 Å². The van der Waals surface area contributed by atoms with E-state index in [0.29, 0.717) is 0 Å². The first kappa shape index (κ1) is 15.0. The minimum Gasteiger partial charge on any atom is -0.465 e. The third-order valence-electron chi connectivity index (χ3n) is 3.05. The molecule has 1 aromatic heterocycles. The predicted molar refractivity (Wildman–Crippen MR) is 76.6 cm³/mol. The van der Waals surface area contributed by atoms with Crippen molar-refractivity contribution in [2.45, 2.75) is 5.03 Å². The number of aromatic nitrogens is 2. The number of aryl methyl sites for hydroxylation is 1. The van der Waals surface area contributed by atoms with Gasteiger partial charge in [0.15, 0.2) is 5.03 Å². The van der Waals surface area contributed by atoms with Crippen molar-refractivity contribution in [1.82, 2.24) is 9.78 Å². The Labute approximate surface area is 122 Å². The first-order valence-electron chi connectivity index (χ1n) is 6.04. The van der Waals surface area contributed by atoms with Crippen LogP contribution in [-0.2, 0) is 21.8 Å². The van der Waals surface area contributed by atoms with Crippen molar-refractivity contribution in [3.05, 3.63) is 42.1 Å². The number of esters is 1. The van der Waals surface area contributed by atoms with Crippen molar-refractivity contribution in [1.29, 1.82) is 0 Å². The maximum atomic E-state index is 12.6. The van der Waals surface area contributed by atoms with Gasteiger partial charge in [0.25, 0.3) is 10.0 Å². The van der Waals surface area contributed by atoms with Crippen molar-refractivity contribution < 1.29 is 17.9 Å². The molecule has 7 nitrogen and oxygen atoms in total. The summed E-state index contributed by atoms with van der Waals surface area (Å²) in [4.78, 5) is 11.8. The Balaban J connectivity index is 2.53. The number of rotatable bonds is 4. The molecule has 0 spiro atoms. The van der Waals surface area contributed by atoms with Crippen molar-refractivity contribution >= 4 is 21.7 Å². The summed E-state index contributed by atoms with van der Waals surface area (Å²) in [6.45, 7) is 0. The zero-order valence-electron chi connectivity index (χ0n) is 11.8. The fourth-order valence-electron chi connectivity index (χ4n) is 1.92. The van der Waals surface area contributed by atoms with Crippen LogP contribution in [0.25, 0.3) is 0 Å². The summed E-state index contributed by atoms with van der Waals surface area (Å²) in [7, 11) is 0.341. The van der Waals surface area contributed by atoms with Crippen LogP contribution in [0.3, 0.4) is 0 Å². The van der Waals surface area contributed by atoms with Crippen LogP contribution in [0.2, 0.25) is 0 Å². The Morgan fingerprint density at radius 2 is 1.95 bits per heavy atom. The van der Waals surface area contributed by atoms with E-state index < -0.39 is 16.0 Å². The van der Waals surface area contributed by atoms with E-state index in [0.717, 1.165) is 4.31 Å². The SMILES string of the molecule is COC(=O)c1ccccc1N(C)S(=O)(=O)c1ccnn1C. The molecular formula is C13H15N3O4S. The number of carbonyl (C=O) groups excluding carboxylic acids is 1. The van der Waals surface area contributed by atoms with Gasteiger partial charge < -0.3 is 4.74 Å². The van der Waals surface area contributed by atoms with Gasteiger partial charge in [-0.15, -0.1) is 0 Å². The van der Waals surface area contributed by atoms with Gasteiger partial charge in [0.2, 0.25) is 0 Å². The lowest BCUT2D eigenvalue weighted by molar-refractivity contribution is 0.0601. The van der Waals surface area contributed by atoms with Gasteiger partial charge in [-0.1, -0.05) is 12.1 Å². The van der Waals surface area contributed by atoms with E-state index in [-0.39, 0.29) is 16.3 Å². The Morgan fingerprint density at radius 1 is 1.29 bits per heavy atom. The van der Waals surface area contributed by atoms with E-state index in [2.05, 4.69) is 9.84 Å². The van der Waals surface area contributed by atoms with Gasteiger partial charge in [-0.2, -0.15) is 13.5 Å². The quantitative estimate of drug-likeness (QED) is 0.788. The molecule has 0 fully saturated rings. The minimum absolute atomic E-state index is 0.0321. The summed E-state index contributed by atoms with van der Waals surface area (Å²) in [5.41, 5.74) is 0.416. The largest absolute Gasteiger partial charge is 0.465 e. The molecular weight excluding hydrogens is 294 g/mol. The Bertz CT molecular complexity index is 767. The maximum Gasteiger partial charge on any atom is 0.340 e. The molecule has 0 N–H and O–H groups in total. The molecule has 8 heteroatoms. The van der Waals surface area contributed by atoms with Crippen molar-refractivity contribution in [2.24, 2.45) is 7.05 Å². The third kappa shape index (κ3) is 2.62. The molecule has 0 radical (unpaired) electrons. The number of para-hydroxylation sites is 1. The highest BCUT2D eigenvalue weighted by molar-refractivity contribution is 7.92. The molecule has 21 heavy (non-hydrogen) atoms. The summed E-state index contributed by atoms with van der Waals surface area (Å²) >= 11 is 0. The van der Waals surface area contributed by atoms with Gasteiger partial charge in [-0.25, -0.2) is 4.79 Å². The highest BCUT2D eigenvalue weighted by Gasteiger charge is 2.27. The van der Waals surface area contributed by atoms with Crippen LogP contribution in [0.15, 0.2) is 41.6 Å². The Kier molecular flexibility index (Phi) is 3.99. The van der Waals surface area contributed by atoms with E-state index >= 15 is 0 Å². The lowest BCUT2D eigenvalue weighted by Crippen LogP contribution is -2.29. The fraction of sp³-hybridized carbons (Fsp3) is 0.231. The Morgan fingerprint density at radius 3 is 2.52 bits per heavy atom. The van der Waals surface area contributed by atoms with Crippen LogP contribution >= 0.6 is 0 Å². The lowest BCUT2D eigenvalue weighted by Gasteiger charge is -2.21. The van der Waals surface area contributed by atoms with Gasteiger partial charge in [-0.3, -0.25) is 8.99 Å². The number of methoxy groups -OCH3 is 1. The van der Waals surface area contributed by atoms with E-state index in [1.165, 1.54) is 44.2 Å². The van der Waals surface area contributed by atoms with E-state index in [9.17, 15) is 13.2 Å². The van der Waals surface area contributed by atoms with Crippen molar-refractivity contribution in [2.75, 3.05) is 18.5 Å². The molecule has 1 heterocycles. The number of nitrogens with zero attached hydrogens (tertiary/aromatic N) is 3. The molecule has 0 aliphatic heterocycles. The summed E-state index contributed by atoms with van der Waals surface area (Å²) < 4.78 is 32.2. The molecule has 0 atom stereocenters. The molecule has 0 unspecified atom stereocenters. The van der Waals surface area contributed by atoms with Crippen LogP contribution in [0.4, 0.5) is 5.69 Å². The van der Waals surface area contributed by atoms with E-state index in [1.807, 2.05) is 0 Å². The zero-order chi connectivity index (χ0) is 15.6. The third-order valence-corrected chi connectivity index (χ3v) is 4.90. The van der Waals surface area contributed by atoms with Gasteiger partial charge >= 0.3 is 5.97 Å². The van der Waals surface area contributed by atoms with Crippen LogP contribution in [0.5, 0.6) is 0 Å². The zero-order valence-corrected chi connectivity index (χ0v) is 12.7. The average molecular weight is 309 g/mol. The normalized spacial score (nSPS) is 11.2. The molecule has 2 rings (SSSR count). The molecule has 0 saturated carbocycles. The number of hydrogen-bond acceptors (Lipinski definition) is 5. The molecule has 112 valence electrons. The van der Waals surface area contributed by atoms with E-state index in [4.69, 9.17) is 0 Å². The second-order valence-corrected chi connectivity index (χ2v) is 6.19. The number of hydrogen-bond donors (Lipinski definition) is 0. The predicted octanol–water partition coefficient (Wildman–Crippen LogP) is 1.03. The molecule has 0 bridgehead atoms. The van der Waals surface area contributed by atoms with Crippen molar-refractivity contribution in [3.8, 4) is 0 Å². The summed E-state index contributed by atoms with van der Waals surface area (Å²) in [6, 6.07) is 7.74. The van der Waals surface area contributed by atoms with Gasteiger partial charge in [0.1, 0.15) is 0 Å². The molecule has 0 saturated heterocycles. The highest BCUT2D eigenvalue weighted by Crippen LogP contribution is 2.25. The molecule has 0 amide bonds. The molecule has 0 aliphatic carbocycles. The number of carbonyl (C=O) groups is 1. The first-order valence-corrected chi connectivity index (χ1v) is 7.48. The fourth-order valence-corrected chi connectivity index (χ4v) is 3.23. The van der Waals surface area contributed by atoms with Gasteiger partial charge in [0.05, 0.1) is 24.6 Å². The maximum absolute atomic E-state index is 12.6. The molecule has 0 aliphatic rings. The van der Waals surface area contributed by atoms with Crippen LogP contribution in [0.1, 0.15) is 10.4 Å². The summed E-state index contributed by atoms with van der Waals surface area (Å²) in [5.74, 6) is -0.599. The van der Waals surface area contributed by atoms with Crippen molar-refractivity contribution in [3.63, 3.8) is 0 Å². The first-order chi connectivity index (χ1) is 9.89. The lowest BCUT2D eigenvalue weighted by atomic mass is 10.2. The summed E-state index contributed by atoms with van der Waals surface area (Å²) in [6.07, 6.45) is 1.40. The Hall–Kier alpha value is -2.35. The highest BCUT2D eigenvalue weighted by atomic mass is 32.2. The average Bonchev–Trinajstić information content (AvgIpc) is 2.92. The standard InChI is InChI=1S/C13H15N3O4S/c1-15-12(8-9-14-15)21(18,19)16(2)11-7-5-4-6-10(11)13(17)20-3/h4-9H,1-3H3.